The minimum absolute atomic E-state index is 0.00245. The molecule has 3 rings (SSSR count). The van der Waals surface area contributed by atoms with Crippen molar-refractivity contribution in [2.45, 2.75) is 0 Å². The molecule has 0 spiro atoms. The fourth-order valence-corrected chi connectivity index (χ4v) is 2.13. The van der Waals surface area contributed by atoms with Gasteiger partial charge in [-0.3, -0.25) is 20.2 Å². The molecular formula is C14H10N6O5. The summed E-state index contributed by atoms with van der Waals surface area (Å²) < 4.78 is 5.46. The summed E-state index contributed by atoms with van der Waals surface area (Å²) in [5.41, 5.74) is 11.1. The molecule has 1 aromatic heterocycles. The van der Waals surface area contributed by atoms with Gasteiger partial charge >= 0.3 is 0 Å². The van der Waals surface area contributed by atoms with Crippen molar-refractivity contribution in [3.63, 3.8) is 0 Å². The number of nitro groups is 2. The van der Waals surface area contributed by atoms with Crippen molar-refractivity contribution in [3.8, 4) is 22.9 Å². The first-order chi connectivity index (χ1) is 11.9. The molecule has 0 fully saturated rings. The monoisotopic (exact) mass is 342 g/mol. The maximum absolute atomic E-state index is 10.9. The first-order valence-corrected chi connectivity index (χ1v) is 6.79. The molecule has 0 atom stereocenters. The highest BCUT2D eigenvalue weighted by Gasteiger charge is 2.19. The number of benzene rings is 2. The number of hydrogen-bond donors (Lipinski definition) is 2. The fraction of sp³-hybridized carbons (Fsp3) is 0. The number of anilines is 2. The predicted molar refractivity (Wildman–Crippen MR) is 87.3 cm³/mol. The van der Waals surface area contributed by atoms with Crippen molar-refractivity contribution < 1.29 is 14.3 Å². The van der Waals surface area contributed by atoms with Crippen LogP contribution in [0.3, 0.4) is 0 Å². The third-order valence-corrected chi connectivity index (χ3v) is 3.37. The standard InChI is InChI=1S/C14H10N6O5/c15-9-3-1-7(5-11(9)19(21)22)13-17-18-14(25-13)8-2-4-10(16)12(6-8)20(23)24/h1-6H,15-16H2. The van der Waals surface area contributed by atoms with Gasteiger partial charge in [0.2, 0.25) is 11.8 Å². The summed E-state index contributed by atoms with van der Waals surface area (Å²) in [5.74, 6) is 0.0233. The molecule has 0 bridgehead atoms. The van der Waals surface area contributed by atoms with Gasteiger partial charge < -0.3 is 15.9 Å². The quantitative estimate of drug-likeness (QED) is 0.409. The zero-order chi connectivity index (χ0) is 18.1. The van der Waals surface area contributed by atoms with Crippen molar-refractivity contribution in [1.29, 1.82) is 0 Å². The third kappa shape index (κ3) is 2.93. The largest absolute Gasteiger partial charge is 0.416 e. The topological polar surface area (TPSA) is 177 Å². The molecule has 4 N–H and O–H groups in total. The van der Waals surface area contributed by atoms with E-state index in [9.17, 15) is 20.2 Å². The molecule has 0 saturated carbocycles. The normalized spacial score (nSPS) is 10.6. The molecule has 3 aromatic rings. The van der Waals surface area contributed by atoms with Crippen LogP contribution in [0.1, 0.15) is 0 Å². The third-order valence-electron chi connectivity index (χ3n) is 3.37. The smallest absolute Gasteiger partial charge is 0.292 e. The summed E-state index contributed by atoms with van der Waals surface area (Å²) in [5, 5.41) is 29.5. The molecule has 0 aliphatic rings. The number of nitrogens with two attached hydrogens (primary N) is 2. The second-order valence-corrected chi connectivity index (χ2v) is 4.97. The van der Waals surface area contributed by atoms with E-state index in [-0.39, 0.29) is 34.5 Å². The van der Waals surface area contributed by atoms with Crippen LogP contribution in [0.15, 0.2) is 40.8 Å². The molecule has 11 heteroatoms. The maximum atomic E-state index is 10.9. The number of rotatable bonds is 4. The van der Waals surface area contributed by atoms with Gasteiger partial charge in [-0.1, -0.05) is 0 Å². The summed E-state index contributed by atoms with van der Waals surface area (Å²) in [6, 6.07) is 8.10. The summed E-state index contributed by atoms with van der Waals surface area (Å²) >= 11 is 0. The van der Waals surface area contributed by atoms with Gasteiger partial charge in [-0.25, -0.2) is 0 Å². The molecule has 126 valence electrons. The Morgan fingerprint density at radius 2 is 1.20 bits per heavy atom. The Morgan fingerprint density at radius 1 is 0.800 bits per heavy atom. The molecule has 0 amide bonds. The van der Waals surface area contributed by atoms with Gasteiger partial charge in [-0.15, -0.1) is 10.2 Å². The summed E-state index contributed by atoms with van der Waals surface area (Å²) in [6.07, 6.45) is 0. The van der Waals surface area contributed by atoms with Crippen molar-refractivity contribution in [1.82, 2.24) is 10.2 Å². The minimum Gasteiger partial charge on any atom is -0.416 e. The van der Waals surface area contributed by atoms with Crippen LogP contribution in [-0.4, -0.2) is 20.0 Å². The minimum atomic E-state index is -0.626. The van der Waals surface area contributed by atoms with Gasteiger partial charge in [0, 0.05) is 23.3 Å². The molecule has 0 unspecified atom stereocenters. The van der Waals surface area contributed by atoms with Crippen LogP contribution in [-0.2, 0) is 0 Å². The van der Waals surface area contributed by atoms with E-state index in [2.05, 4.69) is 10.2 Å². The SMILES string of the molecule is Nc1ccc(-c2nnc(-c3ccc(N)c([N+](=O)[O-])c3)o2)cc1[N+](=O)[O-]. The highest BCUT2D eigenvalue weighted by Crippen LogP contribution is 2.32. The molecule has 11 nitrogen and oxygen atoms in total. The van der Waals surface area contributed by atoms with Crippen LogP contribution in [0.5, 0.6) is 0 Å². The predicted octanol–water partition coefficient (Wildman–Crippen LogP) is 2.38. The van der Waals surface area contributed by atoms with Crippen molar-refractivity contribution in [2.24, 2.45) is 0 Å². The highest BCUT2D eigenvalue weighted by molar-refractivity contribution is 5.70. The van der Waals surface area contributed by atoms with E-state index in [4.69, 9.17) is 15.9 Å². The van der Waals surface area contributed by atoms with E-state index in [0.29, 0.717) is 11.1 Å². The molecule has 2 aromatic carbocycles. The van der Waals surface area contributed by atoms with E-state index in [1.54, 1.807) is 0 Å². The lowest BCUT2D eigenvalue weighted by molar-refractivity contribution is -0.384. The Hall–Kier alpha value is -4.02. The molecule has 0 radical (unpaired) electrons. The molecule has 1 heterocycles. The first kappa shape index (κ1) is 15.9. The van der Waals surface area contributed by atoms with Crippen molar-refractivity contribution in [2.75, 3.05) is 11.5 Å². The number of nitrogen functional groups attached to an aromatic ring is 2. The van der Waals surface area contributed by atoms with Gasteiger partial charge in [-0.2, -0.15) is 0 Å². The molecule has 0 saturated heterocycles. The Kier molecular flexibility index (Phi) is 3.73. The van der Waals surface area contributed by atoms with Gasteiger partial charge in [-0.05, 0) is 24.3 Å². The number of hydrogen-bond acceptors (Lipinski definition) is 9. The Morgan fingerprint density at radius 3 is 1.56 bits per heavy atom. The Bertz CT molecular complexity index is 921. The van der Waals surface area contributed by atoms with E-state index in [1.807, 2.05) is 0 Å². The Labute approximate surface area is 139 Å². The lowest BCUT2D eigenvalue weighted by Gasteiger charge is -2.00. The van der Waals surface area contributed by atoms with Crippen LogP contribution in [0.4, 0.5) is 22.7 Å². The number of nitro benzene ring substituents is 2. The van der Waals surface area contributed by atoms with E-state index in [1.165, 1.54) is 36.4 Å². The van der Waals surface area contributed by atoms with E-state index in [0.717, 1.165) is 0 Å². The second-order valence-electron chi connectivity index (χ2n) is 4.97. The maximum Gasteiger partial charge on any atom is 0.292 e. The lowest BCUT2D eigenvalue weighted by atomic mass is 10.1. The average molecular weight is 342 g/mol. The zero-order valence-electron chi connectivity index (χ0n) is 12.4. The number of aromatic nitrogens is 2. The van der Waals surface area contributed by atoms with Gasteiger partial charge in [0.05, 0.1) is 9.85 Å². The van der Waals surface area contributed by atoms with Gasteiger partial charge in [0.15, 0.2) is 0 Å². The van der Waals surface area contributed by atoms with Gasteiger partial charge in [0.25, 0.3) is 11.4 Å². The van der Waals surface area contributed by atoms with Crippen LogP contribution < -0.4 is 11.5 Å². The lowest BCUT2D eigenvalue weighted by Crippen LogP contribution is -1.95. The molecule has 0 aliphatic carbocycles. The van der Waals surface area contributed by atoms with Gasteiger partial charge in [0.1, 0.15) is 11.4 Å². The van der Waals surface area contributed by atoms with E-state index >= 15 is 0 Å². The first-order valence-electron chi connectivity index (χ1n) is 6.79. The van der Waals surface area contributed by atoms with Crippen molar-refractivity contribution >= 4 is 22.7 Å². The fourth-order valence-electron chi connectivity index (χ4n) is 2.13. The van der Waals surface area contributed by atoms with E-state index < -0.39 is 9.85 Å². The Balaban J connectivity index is 2.01. The summed E-state index contributed by atoms with van der Waals surface area (Å²) in [6.45, 7) is 0. The number of nitrogens with zero attached hydrogens (tertiary/aromatic N) is 4. The highest BCUT2D eigenvalue weighted by atomic mass is 16.6. The summed E-state index contributed by atoms with van der Waals surface area (Å²) in [4.78, 5) is 20.6. The second kappa shape index (κ2) is 5.88. The molecule has 25 heavy (non-hydrogen) atoms. The van der Waals surface area contributed by atoms with Crippen LogP contribution in [0.2, 0.25) is 0 Å². The molecule has 0 aliphatic heterocycles. The van der Waals surface area contributed by atoms with Crippen LogP contribution in [0.25, 0.3) is 22.9 Å². The molecular weight excluding hydrogens is 332 g/mol. The average Bonchev–Trinajstić information content (AvgIpc) is 3.05. The zero-order valence-corrected chi connectivity index (χ0v) is 12.4. The van der Waals surface area contributed by atoms with Crippen LogP contribution >= 0.6 is 0 Å². The van der Waals surface area contributed by atoms with Crippen molar-refractivity contribution in [3.05, 3.63) is 56.6 Å². The summed E-state index contributed by atoms with van der Waals surface area (Å²) in [7, 11) is 0. The van der Waals surface area contributed by atoms with Crippen LogP contribution in [0, 0.1) is 20.2 Å².